The number of rotatable bonds is 8. The summed E-state index contributed by atoms with van der Waals surface area (Å²) in [6, 6.07) is 13.0. The molecule has 0 atom stereocenters. The highest BCUT2D eigenvalue weighted by molar-refractivity contribution is 7.92. The number of nitrogens with zero attached hydrogens (tertiary/aromatic N) is 1. The van der Waals surface area contributed by atoms with E-state index in [0.717, 1.165) is 30.0 Å². The Labute approximate surface area is 178 Å². The SMILES string of the molecule is COc1ccc(OC)c(N(CC(=O)NC2CCCCC2)S(=O)(=O)c2ccccc2)c1. The van der Waals surface area contributed by atoms with Gasteiger partial charge in [0.1, 0.15) is 18.0 Å². The van der Waals surface area contributed by atoms with Crippen molar-refractivity contribution >= 4 is 21.6 Å². The van der Waals surface area contributed by atoms with Gasteiger partial charge in [-0.2, -0.15) is 0 Å². The molecule has 162 valence electrons. The second-order valence-electron chi connectivity index (χ2n) is 7.26. The van der Waals surface area contributed by atoms with E-state index in [1.165, 1.54) is 32.8 Å². The minimum absolute atomic E-state index is 0.0831. The first-order valence-electron chi connectivity index (χ1n) is 10.0. The number of nitrogens with one attached hydrogen (secondary N) is 1. The lowest BCUT2D eigenvalue weighted by molar-refractivity contribution is -0.120. The first kappa shape index (κ1) is 22.0. The standard InChI is InChI=1S/C22H28N2O5S/c1-28-18-13-14-21(29-2)20(15-18)24(30(26,27)19-11-7-4-8-12-19)16-22(25)23-17-9-5-3-6-10-17/h4,7-8,11-15,17H,3,5-6,9-10,16H2,1-2H3,(H,23,25). The van der Waals surface area contributed by atoms with Gasteiger partial charge in [0.25, 0.3) is 10.0 Å². The van der Waals surface area contributed by atoms with Crippen LogP contribution >= 0.6 is 0 Å². The van der Waals surface area contributed by atoms with Gasteiger partial charge < -0.3 is 14.8 Å². The number of hydrogen-bond donors (Lipinski definition) is 1. The van der Waals surface area contributed by atoms with Crippen LogP contribution in [0.4, 0.5) is 5.69 Å². The lowest BCUT2D eigenvalue weighted by Gasteiger charge is -2.28. The highest BCUT2D eigenvalue weighted by atomic mass is 32.2. The molecule has 0 saturated heterocycles. The molecule has 0 bridgehead atoms. The molecule has 30 heavy (non-hydrogen) atoms. The monoisotopic (exact) mass is 432 g/mol. The Morgan fingerprint density at radius 1 is 1.03 bits per heavy atom. The van der Waals surface area contributed by atoms with Crippen LogP contribution in [0.1, 0.15) is 32.1 Å². The zero-order valence-corrected chi connectivity index (χ0v) is 18.2. The molecule has 3 rings (SSSR count). The van der Waals surface area contributed by atoms with Crippen molar-refractivity contribution in [1.82, 2.24) is 5.32 Å². The molecule has 1 aliphatic rings. The van der Waals surface area contributed by atoms with Crippen LogP contribution in [0.3, 0.4) is 0 Å². The molecule has 2 aromatic carbocycles. The van der Waals surface area contributed by atoms with Crippen LogP contribution in [0.5, 0.6) is 11.5 Å². The maximum atomic E-state index is 13.5. The molecular formula is C22H28N2O5S. The van der Waals surface area contributed by atoms with Crippen molar-refractivity contribution in [2.24, 2.45) is 0 Å². The van der Waals surface area contributed by atoms with E-state index in [-0.39, 0.29) is 29.1 Å². The van der Waals surface area contributed by atoms with Crippen molar-refractivity contribution in [2.45, 2.75) is 43.0 Å². The van der Waals surface area contributed by atoms with Gasteiger partial charge in [0, 0.05) is 12.1 Å². The smallest absolute Gasteiger partial charge is 0.264 e. The molecular weight excluding hydrogens is 404 g/mol. The van der Waals surface area contributed by atoms with Crippen molar-refractivity contribution in [2.75, 3.05) is 25.1 Å². The molecule has 0 heterocycles. The molecule has 0 spiro atoms. The third-order valence-electron chi connectivity index (χ3n) is 5.24. The summed E-state index contributed by atoms with van der Waals surface area (Å²) in [5, 5.41) is 2.99. The number of carbonyl (C=O) groups is 1. The number of benzene rings is 2. The zero-order chi connectivity index (χ0) is 21.6. The lowest BCUT2D eigenvalue weighted by Crippen LogP contribution is -2.45. The second-order valence-corrected chi connectivity index (χ2v) is 9.13. The highest BCUT2D eigenvalue weighted by Gasteiger charge is 2.30. The molecule has 0 unspecified atom stereocenters. The maximum absolute atomic E-state index is 13.5. The van der Waals surface area contributed by atoms with Gasteiger partial charge in [0.15, 0.2) is 0 Å². The van der Waals surface area contributed by atoms with Crippen LogP contribution < -0.4 is 19.1 Å². The molecule has 1 N–H and O–H groups in total. The Kier molecular flexibility index (Phi) is 7.20. The minimum atomic E-state index is -4.01. The summed E-state index contributed by atoms with van der Waals surface area (Å²) < 4.78 is 38.7. The number of ether oxygens (including phenoxy) is 2. The lowest BCUT2D eigenvalue weighted by atomic mass is 9.95. The largest absolute Gasteiger partial charge is 0.497 e. The van der Waals surface area contributed by atoms with E-state index in [1.54, 1.807) is 36.4 Å². The average molecular weight is 433 g/mol. The van der Waals surface area contributed by atoms with Gasteiger partial charge in [0.05, 0.1) is 24.8 Å². The van der Waals surface area contributed by atoms with Gasteiger partial charge in [-0.1, -0.05) is 37.5 Å². The summed E-state index contributed by atoms with van der Waals surface area (Å²) in [6.45, 7) is -0.350. The molecule has 8 heteroatoms. The number of carbonyl (C=O) groups excluding carboxylic acids is 1. The summed E-state index contributed by atoms with van der Waals surface area (Å²) in [5.41, 5.74) is 0.250. The van der Waals surface area contributed by atoms with Crippen LogP contribution in [0.2, 0.25) is 0 Å². The van der Waals surface area contributed by atoms with Crippen molar-refractivity contribution in [3.63, 3.8) is 0 Å². The molecule has 1 aliphatic carbocycles. The molecule has 0 aromatic heterocycles. The predicted octanol–water partition coefficient (Wildman–Crippen LogP) is 3.35. The van der Waals surface area contributed by atoms with E-state index in [1.807, 2.05) is 0 Å². The van der Waals surface area contributed by atoms with Crippen LogP contribution in [0, 0.1) is 0 Å². The van der Waals surface area contributed by atoms with Crippen LogP contribution in [-0.2, 0) is 14.8 Å². The topological polar surface area (TPSA) is 84.9 Å². The van der Waals surface area contributed by atoms with Gasteiger partial charge in [-0.25, -0.2) is 8.42 Å². The summed E-state index contributed by atoms with van der Waals surface area (Å²) in [7, 11) is -1.05. The Hall–Kier alpha value is -2.74. The van der Waals surface area contributed by atoms with Crippen molar-refractivity contribution in [1.29, 1.82) is 0 Å². The first-order valence-corrected chi connectivity index (χ1v) is 11.5. The fourth-order valence-corrected chi connectivity index (χ4v) is 5.11. The van der Waals surface area contributed by atoms with Crippen molar-refractivity contribution in [3.8, 4) is 11.5 Å². The molecule has 1 fully saturated rings. The third kappa shape index (κ3) is 5.05. The summed E-state index contributed by atoms with van der Waals surface area (Å²) in [6.07, 6.45) is 5.14. The van der Waals surface area contributed by atoms with Crippen molar-refractivity contribution < 1.29 is 22.7 Å². The molecule has 7 nitrogen and oxygen atoms in total. The number of anilines is 1. The fourth-order valence-electron chi connectivity index (χ4n) is 3.66. The van der Waals surface area contributed by atoms with Gasteiger partial charge >= 0.3 is 0 Å². The number of sulfonamides is 1. The van der Waals surface area contributed by atoms with Gasteiger partial charge in [-0.3, -0.25) is 9.10 Å². The molecule has 0 radical (unpaired) electrons. The average Bonchev–Trinajstić information content (AvgIpc) is 2.78. The van der Waals surface area contributed by atoms with E-state index in [4.69, 9.17) is 9.47 Å². The van der Waals surface area contributed by atoms with E-state index in [2.05, 4.69) is 5.32 Å². The normalized spacial score (nSPS) is 14.7. The molecule has 2 aromatic rings. The first-order chi connectivity index (χ1) is 14.5. The Morgan fingerprint density at radius 2 is 1.73 bits per heavy atom. The Morgan fingerprint density at radius 3 is 2.37 bits per heavy atom. The van der Waals surface area contributed by atoms with E-state index in [9.17, 15) is 13.2 Å². The Bertz CT molecular complexity index is 957. The summed E-state index contributed by atoms with van der Waals surface area (Å²) in [5.74, 6) is 0.457. The number of methoxy groups -OCH3 is 2. The highest BCUT2D eigenvalue weighted by Crippen LogP contribution is 2.35. The zero-order valence-electron chi connectivity index (χ0n) is 17.3. The number of amides is 1. The van der Waals surface area contributed by atoms with Crippen LogP contribution in [-0.4, -0.2) is 41.1 Å². The molecule has 1 saturated carbocycles. The van der Waals surface area contributed by atoms with E-state index >= 15 is 0 Å². The van der Waals surface area contributed by atoms with Crippen molar-refractivity contribution in [3.05, 3.63) is 48.5 Å². The molecule has 1 amide bonds. The van der Waals surface area contributed by atoms with Gasteiger partial charge in [-0.05, 0) is 37.1 Å². The summed E-state index contributed by atoms with van der Waals surface area (Å²) in [4.78, 5) is 12.9. The predicted molar refractivity (Wildman–Crippen MR) is 116 cm³/mol. The second kappa shape index (κ2) is 9.84. The van der Waals surface area contributed by atoms with Gasteiger partial charge in [0.2, 0.25) is 5.91 Å². The maximum Gasteiger partial charge on any atom is 0.264 e. The Balaban J connectivity index is 1.98. The van der Waals surface area contributed by atoms with Crippen LogP contribution in [0.25, 0.3) is 0 Å². The quantitative estimate of drug-likeness (QED) is 0.692. The number of hydrogen-bond acceptors (Lipinski definition) is 5. The van der Waals surface area contributed by atoms with E-state index < -0.39 is 10.0 Å². The molecule has 0 aliphatic heterocycles. The van der Waals surface area contributed by atoms with Crippen LogP contribution in [0.15, 0.2) is 53.4 Å². The summed E-state index contributed by atoms with van der Waals surface area (Å²) >= 11 is 0. The minimum Gasteiger partial charge on any atom is -0.497 e. The fraction of sp³-hybridized carbons (Fsp3) is 0.409. The third-order valence-corrected chi connectivity index (χ3v) is 7.02. The van der Waals surface area contributed by atoms with E-state index in [0.29, 0.717) is 11.5 Å². The van der Waals surface area contributed by atoms with Gasteiger partial charge in [-0.15, -0.1) is 0 Å².